The fourth-order valence-corrected chi connectivity index (χ4v) is 2.98. The van der Waals surface area contributed by atoms with Crippen LogP contribution in [0, 0.1) is 0 Å². The van der Waals surface area contributed by atoms with E-state index in [-0.39, 0.29) is 5.91 Å². The van der Waals surface area contributed by atoms with Gasteiger partial charge in [0.1, 0.15) is 11.5 Å². The molecule has 0 spiro atoms. The number of anilines is 1. The molecule has 3 aromatic rings. The minimum absolute atomic E-state index is 0.257. The van der Waals surface area contributed by atoms with Crippen molar-refractivity contribution in [1.82, 2.24) is 0 Å². The summed E-state index contributed by atoms with van der Waals surface area (Å²) in [4.78, 5) is 12.9. The third-order valence-electron chi connectivity index (χ3n) is 4.44. The van der Waals surface area contributed by atoms with Gasteiger partial charge in [-0.25, -0.2) is 0 Å². The van der Waals surface area contributed by atoms with Gasteiger partial charge in [-0.05, 0) is 60.9 Å². The van der Waals surface area contributed by atoms with E-state index in [4.69, 9.17) is 21.1 Å². The maximum Gasteiger partial charge on any atom is 0.265 e. The van der Waals surface area contributed by atoms with Crippen molar-refractivity contribution >= 4 is 23.2 Å². The Morgan fingerprint density at radius 1 is 0.966 bits per heavy atom. The van der Waals surface area contributed by atoms with Gasteiger partial charge in [0.25, 0.3) is 5.91 Å². The van der Waals surface area contributed by atoms with Crippen LogP contribution >= 0.6 is 11.6 Å². The molecule has 0 aromatic heterocycles. The van der Waals surface area contributed by atoms with E-state index in [1.165, 1.54) is 5.56 Å². The third-order valence-corrected chi connectivity index (χ3v) is 4.68. The minimum atomic E-state index is -0.633. The van der Waals surface area contributed by atoms with Crippen molar-refractivity contribution < 1.29 is 14.3 Å². The summed E-state index contributed by atoms with van der Waals surface area (Å²) in [6, 6.07) is 22.3. The zero-order valence-electron chi connectivity index (χ0n) is 16.5. The summed E-state index contributed by atoms with van der Waals surface area (Å²) in [6.07, 6.45) is 0.847. The number of carbonyl (C=O) groups excluding carboxylic acids is 1. The topological polar surface area (TPSA) is 47.6 Å². The van der Waals surface area contributed by atoms with Crippen LogP contribution in [0.25, 0.3) is 0 Å². The molecule has 1 atom stereocenters. The minimum Gasteiger partial charge on any atom is -0.481 e. The summed E-state index contributed by atoms with van der Waals surface area (Å²) in [7, 11) is 0. The molecule has 3 aromatic carbocycles. The lowest BCUT2D eigenvalue weighted by Crippen LogP contribution is -2.32. The smallest absolute Gasteiger partial charge is 0.265 e. The van der Waals surface area contributed by atoms with Gasteiger partial charge in [0.2, 0.25) is 0 Å². The van der Waals surface area contributed by atoms with Crippen LogP contribution in [0.3, 0.4) is 0 Å². The first kappa shape index (κ1) is 20.7. The Morgan fingerprint density at radius 3 is 2.34 bits per heavy atom. The van der Waals surface area contributed by atoms with Crippen molar-refractivity contribution in [3.8, 4) is 17.2 Å². The Morgan fingerprint density at radius 2 is 1.69 bits per heavy atom. The van der Waals surface area contributed by atoms with Gasteiger partial charge < -0.3 is 14.8 Å². The van der Waals surface area contributed by atoms with Gasteiger partial charge in [-0.2, -0.15) is 0 Å². The Hall–Kier alpha value is -2.98. The standard InChI is InChI=1S/C24H24ClNO3/c1-3-17-10-13-20(14-11-17)28-22(4-2)24(27)26-21-16-18(25)12-15-23(21)29-19-8-6-5-7-9-19/h5-16,22H,3-4H2,1-2H3,(H,26,27). The second-order valence-corrected chi connectivity index (χ2v) is 6.99. The molecule has 5 heteroatoms. The Labute approximate surface area is 176 Å². The van der Waals surface area contributed by atoms with E-state index in [0.717, 1.165) is 6.42 Å². The number of carbonyl (C=O) groups is 1. The van der Waals surface area contributed by atoms with Crippen LogP contribution in [-0.4, -0.2) is 12.0 Å². The van der Waals surface area contributed by atoms with Crippen LogP contribution < -0.4 is 14.8 Å². The van der Waals surface area contributed by atoms with E-state index in [1.54, 1.807) is 18.2 Å². The number of benzene rings is 3. The van der Waals surface area contributed by atoms with E-state index < -0.39 is 6.10 Å². The van der Waals surface area contributed by atoms with Crippen molar-refractivity contribution in [1.29, 1.82) is 0 Å². The summed E-state index contributed by atoms with van der Waals surface area (Å²) < 4.78 is 11.8. The van der Waals surface area contributed by atoms with Gasteiger partial charge in [-0.1, -0.05) is 55.8 Å². The van der Waals surface area contributed by atoms with Gasteiger partial charge in [0.15, 0.2) is 11.9 Å². The lowest BCUT2D eigenvalue weighted by atomic mass is 10.1. The van der Waals surface area contributed by atoms with E-state index in [0.29, 0.717) is 34.4 Å². The molecular weight excluding hydrogens is 386 g/mol. The number of ether oxygens (including phenoxy) is 2. The van der Waals surface area contributed by atoms with Gasteiger partial charge in [-0.15, -0.1) is 0 Å². The predicted molar refractivity (Wildman–Crippen MR) is 117 cm³/mol. The first-order valence-corrected chi connectivity index (χ1v) is 10.1. The van der Waals surface area contributed by atoms with Crippen LogP contribution in [-0.2, 0) is 11.2 Å². The highest BCUT2D eigenvalue weighted by molar-refractivity contribution is 6.31. The largest absolute Gasteiger partial charge is 0.481 e. The lowest BCUT2D eigenvalue weighted by molar-refractivity contribution is -0.122. The number of hydrogen-bond acceptors (Lipinski definition) is 3. The molecule has 1 amide bonds. The average Bonchev–Trinajstić information content (AvgIpc) is 2.75. The monoisotopic (exact) mass is 409 g/mol. The maximum atomic E-state index is 12.9. The molecule has 29 heavy (non-hydrogen) atoms. The molecule has 1 unspecified atom stereocenters. The van der Waals surface area contributed by atoms with Crippen molar-refractivity contribution in [2.75, 3.05) is 5.32 Å². The zero-order chi connectivity index (χ0) is 20.6. The second kappa shape index (κ2) is 9.99. The molecule has 0 bridgehead atoms. The van der Waals surface area contributed by atoms with Crippen molar-refractivity contribution in [2.45, 2.75) is 32.8 Å². The summed E-state index contributed by atoms with van der Waals surface area (Å²) in [5.74, 6) is 1.59. The van der Waals surface area contributed by atoms with Crippen LogP contribution in [0.1, 0.15) is 25.8 Å². The second-order valence-electron chi connectivity index (χ2n) is 6.56. The molecule has 0 saturated heterocycles. The molecule has 0 aliphatic carbocycles. The first-order chi connectivity index (χ1) is 14.1. The highest BCUT2D eigenvalue weighted by Gasteiger charge is 2.20. The van der Waals surface area contributed by atoms with Crippen LogP contribution in [0.15, 0.2) is 72.8 Å². The normalized spacial score (nSPS) is 11.6. The number of aryl methyl sites for hydroxylation is 1. The summed E-state index contributed by atoms with van der Waals surface area (Å²) >= 11 is 6.14. The van der Waals surface area contributed by atoms with E-state index in [2.05, 4.69) is 12.2 Å². The third kappa shape index (κ3) is 5.75. The Bertz CT molecular complexity index is 942. The molecular formula is C24H24ClNO3. The van der Waals surface area contributed by atoms with Gasteiger partial charge in [0.05, 0.1) is 5.69 Å². The van der Waals surface area contributed by atoms with Gasteiger partial charge in [-0.3, -0.25) is 4.79 Å². The highest BCUT2D eigenvalue weighted by atomic mass is 35.5. The van der Waals surface area contributed by atoms with Gasteiger partial charge in [0, 0.05) is 5.02 Å². The SMILES string of the molecule is CCc1ccc(OC(CC)C(=O)Nc2cc(Cl)ccc2Oc2ccccc2)cc1. The number of nitrogens with one attached hydrogen (secondary N) is 1. The van der Waals surface area contributed by atoms with Crippen LogP contribution in [0.4, 0.5) is 5.69 Å². The van der Waals surface area contributed by atoms with E-state index in [1.807, 2.05) is 61.5 Å². The first-order valence-electron chi connectivity index (χ1n) is 9.68. The lowest BCUT2D eigenvalue weighted by Gasteiger charge is -2.19. The fraction of sp³-hybridized carbons (Fsp3) is 0.208. The van der Waals surface area contributed by atoms with Crippen LogP contribution in [0.5, 0.6) is 17.2 Å². The van der Waals surface area contributed by atoms with Crippen molar-refractivity contribution in [2.24, 2.45) is 0 Å². The average molecular weight is 410 g/mol. The Kier molecular flexibility index (Phi) is 7.14. The molecule has 0 heterocycles. The zero-order valence-corrected chi connectivity index (χ0v) is 17.3. The highest BCUT2D eigenvalue weighted by Crippen LogP contribution is 2.32. The fourth-order valence-electron chi connectivity index (χ4n) is 2.81. The molecule has 0 radical (unpaired) electrons. The molecule has 3 rings (SSSR count). The molecule has 150 valence electrons. The number of para-hydroxylation sites is 1. The summed E-state index contributed by atoms with van der Waals surface area (Å²) in [5, 5.41) is 3.40. The van der Waals surface area contributed by atoms with E-state index >= 15 is 0 Å². The number of rotatable bonds is 8. The number of halogens is 1. The molecule has 0 aliphatic heterocycles. The van der Waals surface area contributed by atoms with E-state index in [9.17, 15) is 4.79 Å². The Balaban J connectivity index is 1.74. The van der Waals surface area contributed by atoms with Gasteiger partial charge >= 0.3 is 0 Å². The van der Waals surface area contributed by atoms with Crippen LogP contribution in [0.2, 0.25) is 5.02 Å². The molecule has 0 saturated carbocycles. The van der Waals surface area contributed by atoms with Crippen molar-refractivity contribution in [3.63, 3.8) is 0 Å². The molecule has 4 nitrogen and oxygen atoms in total. The number of hydrogen-bond donors (Lipinski definition) is 1. The molecule has 1 N–H and O–H groups in total. The number of amides is 1. The van der Waals surface area contributed by atoms with Crippen molar-refractivity contribution in [3.05, 3.63) is 83.4 Å². The summed E-state index contributed by atoms with van der Waals surface area (Å²) in [6.45, 7) is 4.00. The molecule has 0 aliphatic rings. The maximum absolute atomic E-state index is 12.9. The summed E-state index contributed by atoms with van der Waals surface area (Å²) in [5.41, 5.74) is 1.71. The quantitative estimate of drug-likeness (QED) is 0.462. The predicted octanol–water partition coefficient (Wildman–Crippen LogP) is 6.49. The molecule has 0 fully saturated rings.